The van der Waals surface area contributed by atoms with Crippen molar-refractivity contribution < 1.29 is 24.5 Å². The lowest BCUT2D eigenvalue weighted by molar-refractivity contribution is -0.948. The Balaban J connectivity index is 1.65. The number of benzene rings is 1. The molecule has 0 radical (unpaired) electrons. The first-order valence-corrected chi connectivity index (χ1v) is 9.29. The van der Waals surface area contributed by atoms with Crippen LogP contribution in [0.3, 0.4) is 0 Å². The van der Waals surface area contributed by atoms with Crippen LogP contribution in [0, 0.1) is 0 Å². The van der Waals surface area contributed by atoms with Gasteiger partial charge in [-0.3, -0.25) is 4.79 Å². The summed E-state index contributed by atoms with van der Waals surface area (Å²) in [6, 6.07) is 11.5. The molecule has 2 heterocycles. The van der Waals surface area contributed by atoms with Gasteiger partial charge in [0.15, 0.2) is 0 Å². The maximum Gasteiger partial charge on any atom is 0.268 e. The van der Waals surface area contributed by atoms with Crippen LogP contribution < -0.4 is 25.1 Å². The molecular weight excluding hydrogens is 346 g/mol. The number of ether oxygens (including phenoxy) is 1. The van der Waals surface area contributed by atoms with Crippen molar-refractivity contribution in [3.05, 3.63) is 48.2 Å². The molecule has 3 N–H and O–H groups in total. The van der Waals surface area contributed by atoms with Gasteiger partial charge < -0.3 is 15.4 Å². The largest absolute Gasteiger partial charge is 0.494 e. The van der Waals surface area contributed by atoms with E-state index >= 15 is 0 Å². The summed E-state index contributed by atoms with van der Waals surface area (Å²) in [6.07, 6.45) is 4.08. The second kappa shape index (κ2) is 9.34. The summed E-state index contributed by atoms with van der Waals surface area (Å²) < 4.78 is 6.69. The molecule has 7 heteroatoms. The zero-order chi connectivity index (χ0) is 19.1. The molecule has 144 valence electrons. The topological polar surface area (TPSA) is 83.7 Å². The van der Waals surface area contributed by atoms with Crippen LogP contribution in [-0.2, 0) is 11.2 Å². The highest BCUT2D eigenvalue weighted by molar-refractivity contribution is 5.78. The van der Waals surface area contributed by atoms with E-state index in [0.29, 0.717) is 24.9 Å². The molecule has 1 aromatic heterocycles. The molecule has 27 heavy (non-hydrogen) atoms. The Labute approximate surface area is 158 Å². The van der Waals surface area contributed by atoms with Crippen molar-refractivity contribution >= 4 is 5.91 Å². The van der Waals surface area contributed by atoms with Gasteiger partial charge in [0, 0.05) is 24.2 Å². The summed E-state index contributed by atoms with van der Waals surface area (Å²) in [5.41, 5.74) is 2.27. The monoisotopic (exact) mass is 372 g/mol. The van der Waals surface area contributed by atoms with Gasteiger partial charge in [-0.1, -0.05) is 4.99 Å². The van der Waals surface area contributed by atoms with Crippen molar-refractivity contribution in [2.75, 3.05) is 19.7 Å². The van der Waals surface area contributed by atoms with Crippen molar-refractivity contribution in [3.8, 4) is 17.0 Å². The number of hydrogen-bond acceptors (Lipinski definition) is 5. The first-order chi connectivity index (χ1) is 13.2. The fourth-order valence-corrected chi connectivity index (χ4v) is 3.22. The van der Waals surface area contributed by atoms with E-state index in [0.717, 1.165) is 36.3 Å². The smallest absolute Gasteiger partial charge is 0.268 e. The number of pyridine rings is 1. The Morgan fingerprint density at radius 3 is 2.78 bits per heavy atom. The first-order valence-electron chi connectivity index (χ1n) is 9.29. The van der Waals surface area contributed by atoms with E-state index in [1.807, 2.05) is 43.3 Å². The molecule has 0 saturated carbocycles. The predicted molar refractivity (Wildman–Crippen MR) is 100 cm³/mol. The lowest BCUT2D eigenvalue weighted by Gasteiger charge is -2.11. The Hall–Kier alpha value is -2.64. The summed E-state index contributed by atoms with van der Waals surface area (Å²) in [7, 11) is 0. The average molecular weight is 372 g/mol. The van der Waals surface area contributed by atoms with Gasteiger partial charge in [0.1, 0.15) is 5.75 Å². The molecule has 1 atom stereocenters. The van der Waals surface area contributed by atoms with Crippen LogP contribution >= 0.6 is 0 Å². The summed E-state index contributed by atoms with van der Waals surface area (Å²) in [5, 5.41) is 15.6. The predicted octanol–water partition coefficient (Wildman–Crippen LogP) is 1.35. The summed E-state index contributed by atoms with van der Waals surface area (Å²) in [5.74, 6) is 0.727. The lowest BCUT2D eigenvalue weighted by atomic mass is 10.1. The number of amides is 1. The van der Waals surface area contributed by atoms with Gasteiger partial charge in [-0.2, -0.15) is 0 Å². The third-order valence-corrected chi connectivity index (χ3v) is 4.60. The van der Waals surface area contributed by atoms with Gasteiger partial charge in [0.2, 0.25) is 12.1 Å². The number of rotatable bonds is 8. The van der Waals surface area contributed by atoms with E-state index < -0.39 is 0 Å². The number of nitrogens with one attached hydrogen (secondary N) is 2. The van der Waals surface area contributed by atoms with E-state index in [2.05, 4.69) is 15.6 Å². The fourth-order valence-electron chi connectivity index (χ4n) is 3.22. The molecule has 1 aliphatic heterocycles. The van der Waals surface area contributed by atoms with Crippen LogP contribution in [0.15, 0.2) is 42.6 Å². The molecule has 1 unspecified atom stereocenters. The van der Waals surface area contributed by atoms with Gasteiger partial charge in [-0.15, -0.1) is 5.26 Å². The number of hydrogen-bond donors (Lipinski definition) is 3. The second-order valence-corrected chi connectivity index (χ2v) is 6.56. The summed E-state index contributed by atoms with van der Waals surface area (Å²) >= 11 is 0. The third kappa shape index (κ3) is 5.18. The second-order valence-electron chi connectivity index (χ2n) is 6.56. The zero-order valence-electron chi connectivity index (χ0n) is 15.5. The molecule has 1 aromatic carbocycles. The van der Waals surface area contributed by atoms with Crippen LogP contribution in [0.2, 0.25) is 0 Å². The Morgan fingerprint density at radius 1 is 1.30 bits per heavy atom. The van der Waals surface area contributed by atoms with E-state index in [1.54, 1.807) is 6.20 Å². The molecule has 1 aliphatic rings. The van der Waals surface area contributed by atoms with E-state index in [4.69, 9.17) is 4.74 Å². The van der Waals surface area contributed by atoms with Crippen molar-refractivity contribution in [3.63, 3.8) is 0 Å². The number of aromatic nitrogens is 1. The molecule has 1 saturated heterocycles. The molecule has 1 amide bonds. The zero-order valence-corrected chi connectivity index (χ0v) is 15.5. The van der Waals surface area contributed by atoms with Crippen LogP contribution in [0.25, 0.3) is 11.3 Å². The van der Waals surface area contributed by atoms with Gasteiger partial charge in [-0.05, 0) is 56.6 Å². The molecule has 7 nitrogen and oxygen atoms in total. The molecule has 0 bridgehead atoms. The van der Waals surface area contributed by atoms with Gasteiger partial charge in [0.05, 0.1) is 23.3 Å². The first kappa shape index (κ1) is 19.1. The third-order valence-electron chi connectivity index (χ3n) is 4.60. The molecular formula is C20H26N3O4+. The normalized spacial score (nSPS) is 16.1. The highest BCUT2D eigenvalue weighted by atomic mass is 17.2. The molecule has 3 rings (SSSR count). The molecule has 1 fully saturated rings. The van der Waals surface area contributed by atoms with Crippen molar-refractivity contribution in [2.45, 2.75) is 32.2 Å². The Bertz CT molecular complexity index is 758. The van der Waals surface area contributed by atoms with Gasteiger partial charge >= 0.3 is 0 Å². The van der Waals surface area contributed by atoms with Gasteiger partial charge in [0.25, 0.3) is 5.69 Å². The van der Waals surface area contributed by atoms with E-state index in [1.165, 1.54) is 4.73 Å². The van der Waals surface area contributed by atoms with Crippen LogP contribution in [0.1, 0.15) is 25.3 Å². The van der Waals surface area contributed by atoms with Crippen LogP contribution in [0.5, 0.6) is 5.75 Å². The average Bonchev–Trinajstić information content (AvgIpc) is 3.21. The lowest BCUT2D eigenvalue weighted by Crippen LogP contribution is -2.43. The summed E-state index contributed by atoms with van der Waals surface area (Å²) in [6.45, 7) is 4.19. The van der Waals surface area contributed by atoms with Crippen LogP contribution in [-0.4, -0.2) is 36.9 Å². The van der Waals surface area contributed by atoms with Crippen LogP contribution in [0.4, 0.5) is 0 Å². The minimum absolute atomic E-state index is 0.0537. The Morgan fingerprint density at radius 2 is 2.11 bits per heavy atom. The minimum atomic E-state index is -0.0537. The van der Waals surface area contributed by atoms with Gasteiger partial charge in [-0.25, -0.2) is 0 Å². The summed E-state index contributed by atoms with van der Waals surface area (Å²) in [4.78, 5) is 16.6. The quantitative estimate of drug-likeness (QED) is 0.370. The maximum absolute atomic E-state index is 12.2. The van der Waals surface area contributed by atoms with Crippen molar-refractivity contribution in [2.24, 2.45) is 0 Å². The fraction of sp³-hybridized carbons (Fsp3) is 0.400. The minimum Gasteiger partial charge on any atom is -0.494 e. The molecule has 0 aliphatic carbocycles. The van der Waals surface area contributed by atoms with E-state index in [9.17, 15) is 10.1 Å². The van der Waals surface area contributed by atoms with Crippen molar-refractivity contribution in [1.82, 2.24) is 10.6 Å². The number of nitrogens with zero attached hydrogens (tertiary/aromatic N) is 1. The standard InChI is InChI=1S/C20H25N3O4/c1-2-26-18-8-6-16(7-9-18)19-10-5-15(14-23(19)27-25)12-20(24)22-13-17-4-3-11-21-17/h5-10,14,17,21H,2-4,11-13H2,1H3,(H-,22,24,25)/p+1. The molecule has 2 aromatic rings. The molecule has 0 spiro atoms. The SMILES string of the molecule is CCOc1ccc(-c2ccc(CC(=O)NCC3CCCN3)c[n+]2OO)cc1. The highest BCUT2D eigenvalue weighted by Crippen LogP contribution is 2.20. The van der Waals surface area contributed by atoms with Crippen molar-refractivity contribution in [1.29, 1.82) is 0 Å². The highest BCUT2D eigenvalue weighted by Gasteiger charge is 2.19. The van der Waals surface area contributed by atoms with E-state index in [-0.39, 0.29) is 12.3 Å². The number of carbonyl (C=O) groups excluding carboxylic acids is 1. The maximum atomic E-state index is 12.2. The number of carbonyl (C=O) groups is 1. The Kier molecular flexibility index (Phi) is 6.62.